The zero-order valence-electron chi connectivity index (χ0n) is 26.7. The molecule has 0 aromatic heterocycles. The maximum Gasteiger partial charge on any atom is 0.407 e. The van der Waals surface area contributed by atoms with Crippen molar-refractivity contribution < 1.29 is 14.3 Å². The number of hydrogen-bond donors (Lipinski definition) is 1. The second kappa shape index (κ2) is 13.9. The summed E-state index contributed by atoms with van der Waals surface area (Å²) >= 11 is 3.62. The van der Waals surface area contributed by atoms with Gasteiger partial charge in [-0.25, -0.2) is 4.79 Å². The maximum atomic E-state index is 12.8. The minimum atomic E-state index is -0.825. The Kier molecular flexibility index (Phi) is 9.73. The third-order valence-electron chi connectivity index (χ3n) is 8.91. The molecular formula is C39H42BrN3O3. The van der Waals surface area contributed by atoms with Crippen molar-refractivity contribution in [2.45, 2.75) is 62.4 Å². The molecule has 1 amide bonds. The SMILES string of the molecule is CC(C)(C)OC(=O)N[C@@H]1CC=NC[C@H]2[C@@H](c3ccc(Br)cc3)[C@@H](COC(c3ccccc3)(c3ccccc3)c3ccccc3)N2C1. The van der Waals surface area contributed by atoms with Gasteiger partial charge in [0, 0.05) is 47.7 Å². The second-order valence-corrected chi connectivity index (χ2v) is 14.0. The van der Waals surface area contributed by atoms with E-state index in [-0.39, 0.29) is 24.0 Å². The molecule has 2 aliphatic rings. The molecule has 4 aromatic carbocycles. The van der Waals surface area contributed by atoms with E-state index in [9.17, 15) is 4.79 Å². The van der Waals surface area contributed by atoms with E-state index in [1.165, 1.54) is 5.56 Å². The van der Waals surface area contributed by atoms with Crippen LogP contribution in [0.15, 0.2) is 125 Å². The second-order valence-electron chi connectivity index (χ2n) is 13.1. The van der Waals surface area contributed by atoms with Gasteiger partial charge in [-0.1, -0.05) is 119 Å². The first kappa shape index (κ1) is 32.2. The van der Waals surface area contributed by atoms with Gasteiger partial charge in [-0.3, -0.25) is 9.89 Å². The minimum absolute atomic E-state index is 0.0536. The number of fused-ring (bicyclic) bond motifs is 1. The fourth-order valence-electron chi connectivity index (χ4n) is 6.90. The van der Waals surface area contributed by atoms with Crippen molar-refractivity contribution in [2.75, 3.05) is 19.7 Å². The number of nitrogens with one attached hydrogen (secondary N) is 1. The maximum absolute atomic E-state index is 12.8. The van der Waals surface area contributed by atoms with Crippen LogP contribution in [-0.2, 0) is 15.1 Å². The van der Waals surface area contributed by atoms with Crippen molar-refractivity contribution in [3.05, 3.63) is 142 Å². The molecule has 238 valence electrons. The topological polar surface area (TPSA) is 63.2 Å². The van der Waals surface area contributed by atoms with Crippen molar-refractivity contribution in [1.29, 1.82) is 0 Å². The van der Waals surface area contributed by atoms with Crippen molar-refractivity contribution in [3.8, 4) is 0 Å². The van der Waals surface area contributed by atoms with Crippen molar-refractivity contribution >= 4 is 28.2 Å². The van der Waals surface area contributed by atoms with E-state index in [2.05, 4.69) is 123 Å². The molecule has 0 unspecified atom stereocenters. The van der Waals surface area contributed by atoms with E-state index >= 15 is 0 Å². The molecule has 0 radical (unpaired) electrons. The van der Waals surface area contributed by atoms with Crippen LogP contribution in [0.25, 0.3) is 0 Å². The number of aliphatic imine (C=N–C) groups is 1. The van der Waals surface area contributed by atoms with E-state index in [0.29, 0.717) is 26.1 Å². The number of carbonyl (C=O) groups is 1. The number of carbonyl (C=O) groups excluding carboxylic acids is 1. The fourth-order valence-corrected chi connectivity index (χ4v) is 7.17. The fraction of sp³-hybridized carbons (Fsp3) is 0.333. The van der Waals surface area contributed by atoms with Gasteiger partial charge in [0.25, 0.3) is 0 Å². The summed E-state index contributed by atoms with van der Waals surface area (Å²) in [4.78, 5) is 20.1. The largest absolute Gasteiger partial charge is 0.444 e. The molecule has 6 nitrogen and oxygen atoms in total. The lowest BCUT2D eigenvalue weighted by Crippen LogP contribution is -2.68. The lowest BCUT2D eigenvalue weighted by Gasteiger charge is -2.57. The highest BCUT2D eigenvalue weighted by molar-refractivity contribution is 9.10. The molecule has 0 saturated carbocycles. The van der Waals surface area contributed by atoms with Crippen LogP contribution in [0.3, 0.4) is 0 Å². The lowest BCUT2D eigenvalue weighted by atomic mass is 9.74. The molecule has 7 heteroatoms. The molecule has 2 aliphatic heterocycles. The summed E-state index contributed by atoms with van der Waals surface area (Å²) < 4.78 is 14.0. The van der Waals surface area contributed by atoms with Gasteiger partial charge in [0.05, 0.1) is 13.2 Å². The highest BCUT2D eigenvalue weighted by Crippen LogP contribution is 2.46. The first-order valence-electron chi connectivity index (χ1n) is 16.0. The van der Waals surface area contributed by atoms with Gasteiger partial charge in [0.2, 0.25) is 0 Å². The van der Waals surface area contributed by atoms with Crippen LogP contribution in [0, 0.1) is 0 Å². The van der Waals surface area contributed by atoms with Crippen molar-refractivity contribution in [1.82, 2.24) is 10.2 Å². The Hall–Kier alpha value is -3.78. The number of halogens is 1. The molecule has 4 atom stereocenters. The van der Waals surface area contributed by atoms with Crippen molar-refractivity contribution in [2.24, 2.45) is 4.99 Å². The summed E-state index contributed by atoms with van der Waals surface area (Å²) in [6.07, 6.45) is 2.19. The molecule has 0 bridgehead atoms. The first-order chi connectivity index (χ1) is 22.2. The highest BCUT2D eigenvalue weighted by Gasteiger charge is 2.51. The average molecular weight is 681 g/mol. The zero-order chi connectivity index (χ0) is 32.1. The molecule has 1 fully saturated rings. The van der Waals surface area contributed by atoms with E-state index in [4.69, 9.17) is 14.5 Å². The monoisotopic (exact) mass is 679 g/mol. The normalized spacial score (nSPS) is 21.7. The summed E-state index contributed by atoms with van der Waals surface area (Å²) in [5.41, 5.74) is 3.09. The van der Waals surface area contributed by atoms with Crippen LogP contribution in [0.1, 0.15) is 55.4 Å². The van der Waals surface area contributed by atoms with Crippen LogP contribution >= 0.6 is 15.9 Å². The molecule has 0 spiro atoms. The Morgan fingerprint density at radius 3 is 1.91 bits per heavy atom. The van der Waals surface area contributed by atoms with E-state index < -0.39 is 17.3 Å². The number of benzene rings is 4. The van der Waals surface area contributed by atoms with Crippen LogP contribution in [-0.4, -0.2) is 60.6 Å². The molecule has 1 saturated heterocycles. The number of nitrogens with zero attached hydrogens (tertiary/aromatic N) is 2. The summed E-state index contributed by atoms with van der Waals surface area (Å²) in [5, 5.41) is 3.12. The Morgan fingerprint density at radius 2 is 1.39 bits per heavy atom. The van der Waals surface area contributed by atoms with Crippen LogP contribution in [0.4, 0.5) is 4.79 Å². The molecule has 4 aromatic rings. The molecular weight excluding hydrogens is 638 g/mol. The molecule has 6 rings (SSSR count). The van der Waals surface area contributed by atoms with Gasteiger partial charge in [-0.15, -0.1) is 0 Å². The molecule has 2 heterocycles. The Balaban J connectivity index is 1.37. The quantitative estimate of drug-likeness (QED) is 0.192. The number of rotatable bonds is 8. The Morgan fingerprint density at radius 1 is 0.848 bits per heavy atom. The predicted molar refractivity (Wildman–Crippen MR) is 187 cm³/mol. The van der Waals surface area contributed by atoms with Gasteiger partial charge < -0.3 is 14.8 Å². The predicted octanol–water partition coefficient (Wildman–Crippen LogP) is 7.96. The van der Waals surface area contributed by atoms with E-state index in [1.54, 1.807) is 0 Å². The van der Waals surface area contributed by atoms with Gasteiger partial charge >= 0.3 is 6.09 Å². The minimum Gasteiger partial charge on any atom is -0.444 e. The average Bonchev–Trinajstić information content (AvgIpc) is 3.04. The molecule has 1 N–H and O–H groups in total. The molecule has 46 heavy (non-hydrogen) atoms. The number of amides is 1. The zero-order valence-corrected chi connectivity index (χ0v) is 28.3. The number of hydrogen-bond acceptors (Lipinski definition) is 5. The van der Waals surface area contributed by atoms with Crippen molar-refractivity contribution in [3.63, 3.8) is 0 Å². The summed E-state index contributed by atoms with van der Waals surface area (Å²) in [7, 11) is 0. The third-order valence-corrected chi connectivity index (χ3v) is 9.44. The third kappa shape index (κ3) is 6.97. The summed E-state index contributed by atoms with van der Waals surface area (Å²) in [5.74, 6) is 0.200. The Bertz CT molecular complexity index is 1510. The highest BCUT2D eigenvalue weighted by atomic mass is 79.9. The van der Waals surface area contributed by atoms with Gasteiger partial charge in [-0.05, 0) is 55.2 Å². The number of alkyl carbamates (subject to hydrolysis) is 1. The summed E-state index contributed by atoms with van der Waals surface area (Å²) in [6, 6.07) is 40.2. The van der Waals surface area contributed by atoms with E-state index in [0.717, 1.165) is 21.2 Å². The van der Waals surface area contributed by atoms with Crippen LogP contribution in [0.2, 0.25) is 0 Å². The summed E-state index contributed by atoms with van der Waals surface area (Å²) in [6.45, 7) is 7.48. The lowest BCUT2D eigenvalue weighted by molar-refractivity contribution is -0.0942. The molecule has 0 aliphatic carbocycles. The smallest absolute Gasteiger partial charge is 0.407 e. The number of ether oxygens (including phenoxy) is 2. The van der Waals surface area contributed by atoms with Gasteiger partial charge in [0.1, 0.15) is 11.2 Å². The van der Waals surface area contributed by atoms with Gasteiger partial charge in [0.15, 0.2) is 0 Å². The van der Waals surface area contributed by atoms with Crippen LogP contribution in [0.5, 0.6) is 0 Å². The first-order valence-corrected chi connectivity index (χ1v) is 16.8. The van der Waals surface area contributed by atoms with Gasteiger partial charge in [-0.2, -0.15) is 0 Å². The van der Waals surface area contributed by atoms with E-state index in [1.807, 2.05) is 45.2 Å². The standard InChI is InChI=1S/C39H42BrN3O3/c1-38(2,3)46-37(44)42-33-23-24-41-25-34-36(28-19-21-32(40)22-20-28)35(43(34)26-33)27-45-39(29-13-7-4-8-14-29,30-15-9-5-10-16-30)31-17-11-6-12-18-31/h4-22,24,33-36H,23,25-27H2,1-3H3,(H,42,44)/t33-,34+,35-,36-/m1/s1. The van der Waals surface area contributed by atoms with Crippen LogP contribution < -0.4 is 5.32 Å². The Labute approximate surface area is 281 Å².